The van der Waals surface area contributed by atoms with Crippen LogP contribution in [0.1, 0.15) is 26.6 Å². The zero-order valence-electron chi connectivity index (χ0n) is 14.5. The second-order valence-electron chi connectivity index (χ2n) is 5.55. The summed E-state index contributed by atoms with van der Waals surface area (Å²) < 4.78 is 32.0. The van der Waals surface area contributed by atoms with Crippen molar-refractivity contribution in [1.29, 1.82) is 0 Å². The van der Waals surface area contributed by atoms with Gasteiger partial charge in [-0.25, -0.2) is 13.1 Å². The van der Waals surface area contributed by atoms with Crippen LogP contribution in [-0.2, 0) is 16.6 Å². The van der Waals surface area contributed by atoms with E-state index in [0.29, 0.717) is 5.76 Å². The minimum absolute atomic E-state index is 0.00636. The maximum absolute atomic E-state index is 12.3. The summed E-state index contributed by atoms with van der Waals surface area (Å²) in [4.78, 5) is 27.8. The molecule has 9 nitrogen and oxygen atoms in total. The lowest BCUT2D eigenvalue weighted by molar-refractivity contribution is 0.0844. The molecule has 0 atom stereocenters. The second-order valence-corrected chi connectivity index (χ2v) is 7.32. The molecule has 0 bridgehead atoms. The van der Waals surface area contributed by atoms with E-state index in [-0.39, 0.29) is 22.7 Å². The van der Waals surface area contributed by atoms with Gasteiger partial charge in [0.25, 0.3) is 11.8 Å². The van der Waals surface area contributed by atoms with Crippen molar-refractivity contribution in [2.24, 2.45) is 0 Å². The molecule has 0 saturated heterocycles. The molecule has 1 aromatic carbocycles. The summed E-state index contributed by atoms with van der Waals surface area (Å²) in [5.74, 6) is -0.699. The van der Waals surface area contributed by atoms with Gasteiger partial charge in [-0.05, 0) is 48.5 Å². The van der Waals surface area contributed by atoms with Gasteiger partial charge in [0.15, 0.2) is 0 Å². The molecule has 0 spiro atoms. The molecular formula is C18H16N4O5S. The number of furan rings is 1. The first-order valence-corrected chi connectivity index (χ1v) is 9.58. The van der Waals surface area contributed by atoms with Crippen LogP contribution >= 0.6 is 0 Å². The third-order valence-corrected chi connectivity index (χ3v) is 5.05. The highest BCUT2D eigenvalue weighted by atomic mass is 32.2. The van der Waals surface area contributed by atoms with E-state index in [1.54, 1.807) is 24.3 Å². The normalized spacial score (nSPS) is 11.0. The smallest absolute Gasteiger partial charge is 0.288 e. The Morgan fingerprint density at radius 2 is 1.68 bits per heavy atom. The van der Waals surface area contributed by atoms with E-state index in [4.69, 9.17) is 4.42 Å². The van der Waals surface area contributed by atoms with E-state index in [1.807, 2.05) is 0 Å². The molecular weight excluding hydrogens is 384 g/mol. The van der Waals surface area contributed by atoms with Crippen molar-refractivity contribution < 1.29 is 22.4 Å². The van der Waals surface area contributed by atoms with E-state index in [1.165, 1.54) is 42.8 Å². The van der Waals surface area contributed by atoms with Gasteiger partial charge in [0.2, 0.25) is 10.0 Å². The minimum atomic E-state index is -3.76. The molecule has 0 aliphatic heterocycles. The molecule has 3 aromatic rings. The van der Waals surface area contributed by atoms with Gasteiger partial charge in [0.05, 0.1) is 17.7 Å². The van der Waals surface area contributed by atoms with E-state index in [0.717, 1.165) is 0 Å². The maximum atomic E-state index is 12.3. The third-order valence-electron chi connectivity index (χ3n) is 3.63. The maximum Gasteiger partial charge on any atom is 0.288 e. The van der Waals surface area contributed by atoms with Gasteiger partial charge in [-0.15, -0.1) is 0 Å². The fourth-order valence-corrected chi connectivity index (χ4v) is 3.19. The van der Waals surface area contributed by atoms with Gasteiger partial charge >= 0.3 is 0 Å². The van der Waals surface area contributed by atoms with Crippen LogP contribution in [-0.4, -0.2) is 25.2 Å². The number of carbonyl (C=O) groups excluding carboxylic acids is 2. The molecule has 10 heteroatoms. The lowest BCUT2D eigenvalue weighted by atomic mass is 10.2. The average Bonchev–Trinajstić information content (AvgIpc) is 3.25. The highest BCUT2D eigenvalue weighted by Gasteiger charge is 2.16. The molecule has 0 aliphatic rings. The molecule has 144 valence electrons. The van der Waals surface area contributed by atoms with Crippen molar-refractivity contribution >= 4 is 21.8 Å². The first kappa shape index (κ1) is 19.3. The van der Waals surface area contributed by atoms with Crippen LogP contribution in [0.15, 0.2) is 76.4 Å². The zero-order valence-corrected chi connectivity index (χ0v) is 15.3. The Hall–Kier alpha value is -3.50. The van der Waals surface area contributed by atoms with Crippen LogP contribution in [0.5, 0.6) is 0 Å². The molecule has 0 aliphatic carbocycles. The van der Waals surface area contributed by atoms with Gasteiger partial charge in [0.1, 0.15) is 11.5 Å². The first-order valence-electron chi connectivity index (χ1n) is 8.09. The molecule has 2 aromatic heterocycles. The van der Waals surface area contributed by atoms with Crippen LogP contribution in [0.25, 0.3) is 0 Å². The number of hydrogen-bond acceptors (Lipinski definition) is 6. The van der Waals surface area contributed by atoms with Crippen molar-refractivity contribution in [3.8, 4) is 0 Å². The van der Waals surface area contributed by atoms with Crippen molar-refractivity contribution in [3.63, 3.8) is 0 Å². The molecule has 2 heterocycles. The highest BCUT2D eigenvalue weighted by Crippen LogP contribution is 2.11. The Morgan fingerprint density at radius 1 is 0.929 bits per heavy atom. The van der Waals surface area contributed by atoms with Crippen LogP contribution in [0.4, 0.5) is 0 Å². The molecule has 3 rings (SSSR count). The van der Waals surface area contributed by atoms with Gasteiger partial charge in [-0.3, -0.25) is 25.4 Å². The Morgan fingerprint density at radius 3 is 2.32 bits per heavy atom. The number of pyridine rings is 1. The summed E-state index contributed by atoms with van der Waals surface area (Å²) in [5, 5.41) is 0. The summed E-state index contributed by atoms with van der Waals surface area (Å²) in [7, 11) is -3.76. The Bertz CT molecular complexity index is 1050. The number of rotatable bonds is 6. The number of sulfonamides is 1. The molecule has 0 unspecified atom stereocenters. The van der Waals surface area contributed by atoms with E-state index in [2.05, 4.69) is 20.6 Å². The summed E-state index contributed by atoms with van der Waals surface area (Å²) in [5.41, 5.74) is 4.80. The first-order chi connectivity index (χ1) is 13.5. The molecule has 0 fully saturated rings. The summed E-state index contributed by atoms with van der Waals surface area (Å²) in [6, 6.07) is 13.4. The van der Waals surface area contributed by atoms with E-state index >= 15 is 0 Å². The van der Waals surface area contributed by atoms with Crippen molar-refractivity contribution in [2.45, 2.75) is 11.4 Å². The molecule has 0 radical (unpaired) electrons. The zero-order chi connectivity index (χ0) is 20.0. The highest BCUT2D eigenvalue weighted by molar-refractivity contribution is 7.89. The molecule has 28 heavy (non-hydrogen) atoms. The van der Waals surface area contributed by atoms with Crippen LogP contribution in [0.3, 0.4) is 0 Å². The Balaban J connectivity index is 1.58. The fraction of sp³-hybridized carbons (Fsp3) is 0.0556. The molecule has 3 N–H and O–H groups in total. The van der Waals surface area contributed by atoms with Crippen molar-refractivity contribution in [3.05, 3.63) is 84.1 Å². The Kier molecular flexibility index (Phi) is 5.82. The monoisotopic (exact) mass is 400 g/mol. The number of amides is 2. The number of hydrogen-bond donors (Lipinski definition) is 3. The van der Waals surface area contributed by atoms with Gasteiger partial charge in [-0.2, -0.15) is 0 Å². The number of benzene rings is 1. The quantitative estimate of drug-likeness (QED) is 0.534. The summed E-state index contributed by atoms with van der Waals surface area (Å²) in [6.07, 6.45) is 2.90. The lowest BCUT2D eigenvalue weighted by Crippen LogP contribution is -2.41. The standard InChI is InChI=1S/C18H16N4O5S/c23-17(21-22-18(24)16-5-1-2-10-19-16)13-6-8-15(9-7-13)28(25,26)20-12-14-4-3-11-27-14/h1-11,20H,12H2,(H,21,23)(H,22,24). The third kappa shape index (κ3) is 4.81. The van der Waals surface area contributed by atoms with Crippen molar-refractivity contribution in [2.75, 3.05) is 0 Å². The predicted octanol–water partition coefficient (Wildman–Crippen LogP) is 1.23. The van der Waals surface area contributed by atoms with Gasteiger partial charge in [-0.1, -0.05) is 6.07 Å². The van der Waals surface area contributed by atoms with Crippen LogP contribution in [0, 0.1) is 0 Å². The summed E-state index contributed by atoms with van der Waals surface area (Å²) >= 11 is 0. The number of nitrogens with one attached hydrogen (secondary N) is 3. The largest absolute Gasteiger partial charge is 0.468 e. The van der Waals surface area contributed by atoms with Gasteiger partial charge < -0.3 is 4.42 Å². The predicted molar refractivity (Wildman–Crippen MR) is 98.3 cm³/mol. The number of carbonyl (C=O) groups is 2. The average molecular weight is 400 g/mol. The molecule has 2 amide bonds. The fourth-order valence-electron chi connectivity index (χ4n) is 2.19. The second kappa shape index (κ2) is 8.46. The van der Waals surface area contributed by atoms with Crippen molar-refractivity contribution in [1.82, 2.24) is 20.6 Å². The Labute approximate surface area is 160 Å². The summed E-state index contributed by atoms with van der Waals surface area (Å²) in [6.45, 7) is 0.0110. The van der Waals surface area contributed by atoms with E-state index < -0.39 is 21.8 Å². The number of aromatic nitrogens is 1. The van der Waals surface area contributed by atoms with Crippen LogP contribution < -0.4 is 15.6 Å². The molecule has 0 saturated carbocycles. The van der Waals surface area contributed by atoms with Gasteiger partial charge in [0, 0.05) is 11.8 Å². The number of hydrazine groups is 1. The van der Waals surface area contributed by atoms with Crippen LogP contribution in [0.2, 0.25) is 0 Å². The SMILES string of the molecule is O=C(NNC(=O)c1ccccn1)c1ccc(S(=O)(=O)NCc2ccco2)cc1. The number of nitrogens with zero attached hydrogens (tertiary/aromatic N) is 1. The minimum Gasteiger partial charge on any atom is -0.468 e. The topological polar surface area (TPSA) is 130 Å². The lowest BCUT2D eigenvalue weighted by Gasteiger charge is -2.08. The van der Waals surface area contributed by atoms with E-state index in [9.17, 15) is 18.0 Å².